The van der Waals surface area contributed by atoms with Crippen LogP contribution in [0.2, 0.25) is 0 Å². The molecule has 0 saturated heterocycles. The summed E-state index contributed by atoms with van der Waals surface area (Å²) in [6.07, 6.45) is 1.00. The van der Waals surface area contributed by atoms with Crippen molar-refractivity contribution in [2.24, 2.45) is 0 Å². The molecule has 0 aliphatic rings. The summed E-state index contributed by atoms with van der Waals surface area (Å²) in [6, 6.07) is 24.3. The van der Waals surface area contributed by atoms with Crippen molar-refractivity contribution < 1.29 is 0 Å². The van der Waals surface area contributed by atoms with Crippen molar-refractivity contribution in [2.45, 2.75) is 19.4 Å². The molecule has 3 rings (SSSR count). The van der Waals surface area contributed by atoms with Crippen molar-refractivity contribution in [1.82, 2.24) is 5.32 Å². The Labute approximate surface area is 126 Å². The second-order valence-corrected chi connectivity index (χ2v) is 5.60. The Balaban J connectivity index is 1.96. The topological polar surface area (TPSA) is 12.0 Å². The molecule has 3 aromatic carbocycles. The van der Waals surface area contributed by atoms with E-state index in [-0.39, 0.29) is 0 Å². The Bertz CT molecular complexity index is 740. The fraction of sp³-hybridized carbons (Fsp3) is 0.200. The zero-order valence-corrected chi connectivity index (χ0v) is 12.6. The third kappa shape index (κ3) is 2.98. The van der Waals surface area contributed by atoms with Gasteiger partial charge in [0.25, 0.3) is 0 Å². The summed E-state index contributed by atoms with van der Waals surface area (Å²) >= 11 is 0. The van der Waals surface area contributed by atoms with Crippen LogP contribution < -0.4 is 5.32 Å². The SMILES string of the molecule is CNC(Cc1cccc2ccccc12)c1cccc(C)c1. The molecule has 1 unspecified atom stereocenters. The molecule has 0 aliphatic heterocycles. The minimum absolute atomic E-state index is 0.343. The quantitative estimate of drug-likeness (QED) is 0.730. The molecule has 0 bridgehead atoms. The molecule has 0 spiro atoms. The smallest absolute Gasteiger partial charge is 0.0358 e. The van der Waals surface area contributed by atoms with Gasteiger partial charge >= 0.3 is 0 Å². The maximum absolute atomic E-state index is 3.46. The summed E-state index contributed by atoms with van der Waals surface area (Å²) < 4.78 is 0. The van der Waals surface area contributed by atoms with Gasteiger partial charge in [0.15, 0.2) is 0 Å². The number of aryl methyl sites for hydroxylation is 1. The summed E-state index contributed by atoms with van der Waals surface area (Å²) in [5, 5.41) is 6.13. The lowest BCUT2D eigenvalue weighted by molar-refractivity contribution is 0.593. The van der Waals surface area contributed by atoms with E-state index in [1.54, 1.807) is 0 Å². The standard InChI is InChI=1S/C20H21N/c1-15-7-5-11-18(13-15)20(21-2)14-17-10-6-9-16-8-3-4-12-19(16)17/h3-13,20-21H,14H2,1-2H3. The average molecular weight is 275 g/mol. The van der Waals surface area contributed by atoms with Gasteiger partial charge in [0.05, 0.1) is 0 Å². The third-order valence-electron chi connectivity index (χ3n) is 4.10. The van der Waals surface area contributed by atoms with Crippen LogP contribution in [0.3, 0.4) is 0 Å². The molecule has 3 aromatic rings. The van der Waals surface area contributed by atoms with Crippen molar-refractivity contribution in [1.29, 1.82) is 0 Å². The maximum Gasteiger partial charge on any atom is 0.0358 e. The largest absolute Gasteiger partial charge is 0.313 e. The van der Waals surface area contributed by atoms with Crippen LogP contribution in [0.5, 0.6) is 0 Å². The Hall–Kier alpha value is -2.12. The van der Waals surface area contributed by atoms with Crippen LogP contribution in [0.4, 0.5) is 0 Å². The van der Waals surface area contributed by atoms with Crippen LogP contribution in [0.1, 0.15) is 22.7 Å². The molecule has 0 radical (unpaired) electrons. The number of likely N-dealkylation sites (N-methyl/N-ethyl adjacent to an activating group) is 1. The summed E-state index contributed by atoms with van der Waals surface area (Å²) in [5.74, 6) is 0. The minimum atomic E-state index is 0.343. The zero-order valence-electron chi connectivity index (χ0n) is 12.6. The van der Waals surface area contributed by atoms with Gasteiger partial charge < -0.3 is 5.32 Å². The van der Waals surface area contributed by atoms with Crippen molar-refractivity contribution in [3.05, 3.63) is 83.4 Å². The van der Waals surface area contributed by atoms with Crippen LogP contribution in [0, 0.1) is 6.92 Å². The second kappa shape index (κ2) is 6.11. The van der Waals surface area contributed by atoms with Crippen molar-refractivity contribution in [2.75, 3.05) is 7.05 Å². The number of benzene rings is 3. The van der Waals surface area contributed by atoms with Gasteiger partial charge in [-0.1, -0.05) is 72.3 Å². The molecule has 0 amide bonds. The molecule has 1 atom stereocenters. The van der Waals surface area contributed by atoms with Crippen LogP contribution >= 0.6 is 0 Å². The van der Waals surface area contributed by atoms with E-state index in [1.807, 2.05) is 7.05 Å². The predicted octanol–water partition coefficient (Wildman–Crippen LogP) is 4.65. The number of hydrogen-bond donors (Lipinski definition) is 1. The number of rotatable bonds is 4. The van der Waals surface area contributed by atoms with E-state index in [2.05, 4.69) is 79.0 Å². The van der Waals surface area contributed by atoms with Crippen LogP contribution in [-0.2, 0) is 6.42 Å². The highest BCUT2D eigenvalue weighted by molar-refractivity contribution is 5.85. The van der Waals surface area contributed by atoms with E-state index in [9.17, 15) is 0 Å². The molecule has 0 heterocycles. The van der Waals surface area contributed by atoms with Crippen molar-refractivity contribution >= 4 is 10.8 Å². The van der Waals surface area contributed by atoms with Crippen LogP contribution in [0.15, 0.2) is 66.7 Å². The molecule has 0 saturated carbocycles. The van der Waals surface area contributed by atoms with E-state index in [0.29, 0.717) is 6.04 Å². The molecule has 0 aromatic heterocycles. The Morgan fingerprint density at radius 3 is 2.48 bits per heavy atom. The predicted molar refractivity (Wildman–Crippen MR) is 90.6 cm³/mol. The Morgan fingerprint density at radius 2 is 1.67 bits per heavy atom. The van der Waals surface area contributed by atoms with Gasteiger partial charge in [-0.25, -0.2) is 0 Å². The summed E-state index contributed by atoms with van der Waals surface area (Å²) in [4.78, 5) is 0. The monoisotopic (exact) mass is 275 g/mol. The minimum Gasteiger partial charge on any atom is -0.313 e. The molecule has 1 heteroatoms. The number of fused-ring (bicyclic) bond motifs is 1. The molecular formula is C20H21N. The maximum atomic E-state index is 3.46. The molecule has 106 valence electrons. The lowest BCUT2D eigenvalue weighted by Gasteiger charge is -2.18. The fourth-order valence-electron chi connectivity index (χ4n) is 2.96. The summed E-state index contributed by atoms with van der Waals surface area (Å²) in [6.45, 7) is 2.15. The summed E-state index contributed by atoms with van der Waals surface area (Å²) in [5.41, 5.74) is 4.06. The Kier molecular flexibility index (Phi) is 4.03. The van der Waals surface area contributed by atoms with Crippen LogP contribution in [-0.4, -0.2) is 7.05 Å². The molecule has 21 heavy (non-hydrogen) atoms. The van der Waals surface area contributed by atoms with Crippen molar-refractivity contribution in [3.8, 4) is 0 Å². The molecular weight excluding hydrogens is 254 g/mol. The van der Waals surface area contributed by atoms with Gasteiger partial charge in [-0.05, 0) is 42.3 Å². The Morgan fingerprint density at radius 1 is 0.905 bits per heavy atom. The molecule has 1 nitrogen and oxygen atoms in total. The fourth-order valence-corrected chi connectivity index (χ4v) is 2.96. The van der Waals surface area contributed by atoms with Gasteiger partial charge in [-0.3, -0.25) is 0 Å². The van der Waals surface area contributed by atoms with Crippen LogP contribution in [0.25, 0.3) is 10.8 Å². The zero-order chi connectivity index (χ0) is 14.7. The molecule has 0 aliphatic carbocycles. The second-order valence-electron chi connectivity index (χ2n) is 5.60. The first-order chi connectivity index (χ1) is 10.3. The highest BCUT2D eigenvalue weighted by Crippen LogP contribution is 2.24. The first-order valence-electron chi connectivity index (χ1n) is 7.48. The van der Waals surface area contributed by atoms with Gasteiger partial charge in [0.1, 0.15) is 0 Å². The third-order valence-corrected chi connectivity index (χ3v) is 4.10. The first kappa shape index (κ1) is 13.8. The first-order valence-corrected chi connectivity index (χ1v) is 7.48. The van der Waals surface area contributed by atoms with Gasteiger partial charge in [0.2, 0.25) is 0 Å². The average Bonchev–Trinajstić information content (AvgIpc) is 2.52. The van der Waals surface area contributed by atoms with E-state index >= 15 is 0 Å². The van der Waals surface area contributed by atoms with Gasteiger partial charge in [-0.15, -0.1) is 0 Å². The van der Waals surface area contributed by atoms with E-state index in [4.69, 9.17) is 0 Å². The highest BCUT2D eigenvalue weighted by atomic mass is 14.9. The van der Waals surface area contributed by atoms with Gasteiger partial charge in [0, 0.05) is 6.04 Å². The number of hydrogen-bond acceptors (Lipinski definition) is 1. The normalized spacial score (nSPS) is 12.5. The molecule has 0 fully saturated rings. The lowest BCUT2D eigenvalue weighted by atomic mass is 9.94. The van der Waals surface area contributed by atoms with Gasteiger partial charge in [-0.2, -0.15) is 0 Å². The summed E-state index contributed by atoms with van der Waals surface area (Å²) in [7, 11) is 2.04. The number of nitrogens with one attached hydrogen (secondary N) is 1. The lowest BCUT2D eigenvalue weighted by Crippen LogP contribution is -2.19. The molecule has 1 N–H and O–H groups in total. The highest BCUT2D eigenvalue weighted by Gasteiger charge is 2.11. The van der Waals surface area contributed by atoms with Crippen molar-refractivity contribution in [3.63, 3.8) is 0 Å². The van der Waals surface area contributed by atoms with E-state index in [1.165, 1.54) is 27.5 Å². The van der Waals surface area contributed by atoms with E-state index in [0.717, 1.165) is 6.42 Å². The van der Waals surface area contributed by atoms with E-state index < -0.39 is 0 Å².